The van der Waals surface area contributed by atoms with Crippen LogP contribution in [0.1, 0.15) is 69.2 Å². The van der Waals surface area contributed by atoms with Crippen LogP contribution < -0.4 is 5.32 Å². The molecule has 1 saturated heterocycles. The molecule has 2 aliphatic heterocycles. The zero-order chi connectivity index (χ0) is 24.1. The number of fused-ring (bicyclic) bond motifs is 1. The highest BCUT2D eigenvalue weighted by Gasteiger charge is 2.45. The summed E-state index contributed by atoms with van der Waals surface area (Å²) >= 11 is 0. The van der Waals surface area contributed by atoms with Gasteiger partial charge in [0.25, 0.3) is 0 Å². The zero-order valence-corrected chi connectivity index (χ0v) is 19.6. The minimum Gasteiger partial charge on any atom is -0.392 e. The first-order valence-electron chi connectivity index (χ1n) is 12.0. The van der Waals surface area contributed by atoms with Gasteiger partial charge in [-0.15, -0.1) is 0 Å². The molecular weight excluding hydrogens is 435 g/mol. The van der Waals surface area contributed by atoms with E-state index < -0.39 is 23.3 Å². The van der Waals surface area contributed by atoms with Gasteiger partial charge in [-0.25, -0.2) is 0 Å². The lowest BCUT2D eigenvalue weighted by atomic mass is 9.73. The number of aliphatic hydroxyl groups excluding tert-OH is 1. The smallest absolute Gasteiger partial charge is 0.392 e. The van der Waals surface area contributed by atoms with Crippen LogP contribution in [0.2, 0.25) is 0 Å². The van der Waals surface area contributed by atoms with Crippen LogP contribution in [0.4, 0.5) is 13.2 Å². The molecule has 1 aromatic heterocycles. The summed E-state index contributed by atoms with van der Waals surface area (Å²) in [6.45, 7) is 6.50. The highest BCUT2D eigenvalue weighted by Crippen LogP contribution is 2.38. The monoisotopic (exact) mass is 471 g/mol. The molecule has 33 heavy (non-hydrogen) atoms. The molecule has 186 valence electrons. The molecule has 0 saturated carbocycles. The lowest BCUT2D eigenvalue weighted by Gasteiger charge is -2.41. The summed E-state index contributed by atoms with van der Waals surface area (Å²) in [7, 11) is 0. The molecule has 2 unspecified atom stereocenters. The average molecular weight is 472 g/mol. The molecule has 0 aromatic carbocycles. The van der Waals surface area contributed by atoms with Crippen molar-refractivity contribution in [2.45, 2.75) is 83.7 Å². The van der Waals surface area contributed by atoms with E-state index in [1.807, 2.05) is 13.8 Å². The van der Waals surface area contributed by atoms with Crippen LogP contribution in [0.5, 0.6) is 0 Å². The first-order valence-corrected chi connectivity index (χ1v) is 12.0. The van der Waals surface area contributed by atoms with Crippen molar-refractivity contribution in [1.29, 1.82) is 0 Å². The Morgan fingerprint density at radius 1 is 1.33 bits per heavy atom. The van der Waals surface area contributed by atoms with Gasteiger partial charge in [0, 0.05) is 50.7 Å². The fourth-order valence-electron chi connectivity index (χ4n) is 5.05. The maximum Gasteiger partial charge on any atom is 0.417 e. The molecule has 0 bridgehead atoms. The van der Waals surface area contributed by atoms with Gasteiger partial charge in [0.2, 0.25) is 5.91 Å². The maximum atomic E-state index is 13.7. The highest BCUT2D eigenvalue weighted by molar-refractivity contribution is 5.83. The number of hydrogen-bond donors (Lipinski definition) is 2. The summed E-state index contributed by atoms with van der Waals surface area (Å²) in [5.41, 5.74) is -0.712. The van der Waals surface area contributed by atoms with Gasteiger partial charge >= 0.3 is 6.18 Å². The van der Waals surface area contributed by atoms with Crippen LogP contribution in [0.15, 0.2) is 12.3 Å². The Balaban J connectivity index is 1.70. The third-order valence-electron chi connectivity index (χ3n) is 7.19. The summed E-state index contributed by atoms with van der Waals surface area (Å²) in [5.74, 6) is -0.173. The minimum absolute atomic E-state index is 0.0869. The number of pyridine rings is 1. The number of ether oxygens (including phenoxy) is 1. The van der Waals surface area contributed by atoms with Crippen molar-refractivity contribution in [2.75, 3.05) is 26.3 Å². The molecule has 6 nitrogen and oxygen atoms in total. The van der Waals surface area contributed by atoms with Gasteiger partial charge in [-0.05, 0) is 56.7 Å². The Morgan fingerprint density at radius 3 is 2.70 bits per heavy atom. The Labute approximate surface area is 193 Å². The predicted molar refractivity (Wildman–Crippen MR) is 118 cm³/mol. The van der Waals surface area contributed by atoms with Crippen LogP contribution in [0.3, 0.4) is 0 Å². The van der Waals surface area contributed by atoms with Gasteiger partial charge in [0.15, 0.2) is 0 Å². The number of amides is 1. The summed E-state index contributed by atoms with van der Waals surface area (Å²) in [4.78, 5) is 19.3. The summed E-state index contributed by atoms with van der Waals surface area (Å²) in [6.07, 6.45) is 0.102. The van der Waals surface area contributed by atoms with Crippen LogP contribution >= 0.6 is 0 Å². The molecule has 0 aliphatic carbocycles. The number of aliphatic hydroxyl groups is 1. The number of halogens is 3. The third-order valence-corrected chi connectivity index (χ3v) is 7.19. The van der Waals surface area contributed by atoms with E-state index in [9.17, 15) is 23.1 Å². The van der Waals surface area contributed by atoms with E-state index in [-0.39, 0.29) is 12.5 Å². The van der Waals surface area contributed by atoms with E-state index in [4.69, 9.17) is 4.74 Å². The first-order chi connectivity index (χ1) is 15.7. The Hall–Kier alpha value is -1.71. The Bertz CT molecular complexity index is 799. The van der Waals surface area contributed by atoms with Gasteiger partial charge in [0.1, 0.15) is 0 Å². The van der Waals surface area contributed by atoms with E-state index in [0.717, 1.165) is 51.3 Å². The second kappa shape index (κ2) is 11.1. The molecule has 2 N–H and O–H groups in total. The zero-order valence-electron chi connectivity index (χ0n) is 19.6. The number of carbonyl (C=O) groups excluding carboxylic acids is 1. The standard InChI is InChI=1S/C24H36F3N3O3/c1-3-21(31)23(4-2,9-5-10-28-19-7-12-33-13-8-19)22(32)30-11-6-20-17(16-30)14-18(15-29-20)24(25,26)27/h14-15,19,21,28,31H,3-13,16H2,1-2H3. The predicted octanol–water partition coefficient (Wildman–Crippen LogP) is 3.70. The number of carbonyl (C=O) groups is 1. The van der Waals surface area contributed by atoms with Gasteiger partial charge in [0.05, 0.1) is 17.1 Å². The van der Waals surface area contributed by atoms with Crippen molar-refractivity contribution in [3.63, 3.8) is 0 Å². The number of hydrogen-bond acceptors (Lipinski definition) is 5. The number of nitrogens with zero attached hydrogens (tertiary/aromatic N) is 2. The van der Waals surface area contributed by atoms with E-state index in [2.05, 4.69) is 10.3 Å². The van der Waals surface area contributed by atoms with Crippen LogP contribution in [0, 0.1) is 5.41 Å². The van der Waals surface area contributed by atoms with Crippen molar-refractivity contribution < 1.29 is 27.8 Å². The molecule has 0 radical (unpaired) electrons. The van der Waals surface area contributed by atoms with E-state index >= 15 is 0 Å². The van der Waals surface area contributed by atoms with E-state index in [1.54, 1.807) is 4.90 Å². The number of nitrogens with one attached hydrogen (secondary N) is 1. The van der Waals surface area contributed by atoms with E-state index in [1.165, 1.54) is 0 Å². The summed E-state index contributed by atoms with van der Waals surface area (Å²) in [6, 6.07) is 1.51. The fraction of sp³-hybridized carbons (Fsp3) is 0.750. The molecule has 3 heterocycles. The number of rotatable bonds is 9. The Morgan fingerprint density at radius 2 is 2.06 bits per heavy atom. The first kappa shape index (κ1) is 25.9. The molecule has 3 rings (SSSR count). The largest absolute Gasteiger partial charge is 0.417 e. The second-order valence-corrected chi connectivity index (χ2v) is 9.18. The van der Waals surface area contributed by atoms with Gasteiger partial charge in [-0.3, -0.25) is 9.78 Å². The normalized spacial score (nSPS) is 20.2. The lowest BCUT2D eigenvalue weighted by molar-refractivity contribution is -0.152. The summed E-state index contributed by atoms with van der Waals surface area (Å²) in [5, 5.41) is 14.4. The second-order valence-electron chi connectivity index (χ2n) is 9.18. The van der Waals surface area contributed by atoms with Crippen molar-refractivity contribution in [3.8, 4) is 0 Å². The minimum atomic E-state index is -4.47. The molecule has 0 spiro atoms. The Kier molecular flexibility index (Phi) is 8.75. The molecule has 2 atom stereocenters. The average Bonchev–Trinajstić information content (AvgIpc) is 2.83. The maximum absolute atomic E-state index is 13.7. The molecule has 1 fully saturated rings. The van der Waals surface area contributed by atoms with Crippen molar-refractivity contribution in [2.24, 2.45) is 5.41 Å². The number of aromatic nitrogens is 1. The van der Waals surface area contributed by atoms with Crippen molar-refractivity contribution in [1.82, 2.24) is 15.2 Å². The molecule has 1 aromatic rings. The fourth-order valence-corrected chi connectivity index (χ4v) is 5.05. The number of alkyl halides is 3. The molecule has 9 heteroatoms. The quantitative estimate of drug-likeness (QED) is 0.538. The van der Waals surface area contributed by atoms with Crippen molar-refractivity contribution in [3.05, 3.63) is 29.1 Å². The van der Waals surface area contributed by atoms with Gasteiger partial charge in [-0.2, -0.15) is 13.2 Å². The summed E-state index contributed by atoms with van der Waals surface area (Å²) < 4.78 is 44.8. The van der Waals surface area contributed by atoms with Crippen molar-refractivity contribution >= 4 is 5.91 Å². The molecule has 1 amide bonds. The lowest BCUT2D eigenvalue weighted by Crippen LogP contribution is -2.51. The van der Waals surface area contributed by atoms with Crippen LogP contribution in [-0.2, 0) is 28.7 Å². The molecular formula is C24H36F3N3O3. The topological polar surface area (TPSA) is 74.7 Å². The highest BCUT2D eigenvalue weighted by atomic mass is 19.4. The van der Waals surface area contributed by atoms with Crippen LogP contribution in [-0.4, -0.2) is 59.3 Å². The SMILES string of the molecule is CCC(O)C(CC)(CCCNC1CCOCC1)C(=O)N1CCc2ncc(C(F)(F)F)cc2C1. The van der Waals surface area contributed by atoms with Gasteiger partial charge in [-0.1, -0.05) is 13.8 Å². The van der Waals surface area contributed by atoms with E-state index in [0.29, 0.717) is 49.5 Å². The van der Waals surface area contributed by atoms with Crippen LogP contribution in [0.25, 0.3) is 0 Å². The molecule has 2 aliphatic rings. The third kappa shape index (κ3) is 6.05. The van der Waals surface area contributed by atoms with Gasteiger partial charge < -0.3 is 20.1 Å².